The standard InChI is InChI=1S/C19H15BrO3/c20-17-7-2-1-4-12(17)11-22-13-8-9-15-14-5-3-6-16(14)19(21)23-18(15)10-13/h1-2,4,7-10H,3,5-6,11H2. The normalized spacial score (nSPS) is 13.3. The fraction of sp³-hybridized carbons (Fsp3) is 0.211. The Morgan fingerprint density at radius 1 is 1.09 bits per heavy atom. The number of halogens is 1. The van der Waals surface area contributed by atoms with E-state index in [0.29, 0.717) is 17.9 Å². The minimum atomic E-state index is -0.201. The molecule has 0 saturated heterocycles. The van der Waals surface area contributed by atoms with Gasteiger partial charge < -0.3 is 9.15 Å². The van der Waals surface area contributed by atoms with Crippen molar-refractivity contribution in [1.82, 2.24) is 0 Å². The van der Waals surface area contributed by atoms with Crippen LogP contribution in [0.2, 0.25) is 0 Å². The first-order chi connectivity index (χ1) is 11.2. The zero-order valence-electron chi connectivity index (χ0n) is 12.5. The van der Waals surface area contributed by atoms with Gasteiger partial charge in [-0.05, 0) is 43.0 Å². The lowest BCUT2D eigenvalue weighted by Gasteiger charge is -2.09. The van der Waals surface area contributed by atoms with Crippen molar-refractivity contribution in [3.05, 3.63) is 74.0 Å². The summed E-state index contributed by atoms with van der Waals surface area (Å²) in [5.41, 5.74) is 3.48. The average molecular weight is 371 g/mol. The van der Waals surface area contributed by atoms with Crippen LogP contribution >= 0.6 is 15.9 Å². The molecule has 4 rings (SSSR count). The van der Waals surface area contributed by atoms with Crippen molar-refractivity contribution in [2.75, 3.05) is 0 Å². The summed E-state index contributed by atoms with van der Waals surface area (Å²) in [4.78, 5) is 12.0. The molecule has 0 aliphatic heterocycles. The van der Waals surface area contributed by atoms with Crippen molar-refractivity contribution in [3.8, 4) is 5.75 Å². The van der Waals surface area contributed by atoms with Gasteiger partial charge in [-0.2, -0.15) is 0 Å². The summed E-state index contributed by atoms with van der Waals surface area (Å²) in [5, 5.41) is 1.03. The van der Waals surface area contributed by atoms with Crippen LogP contribution in [0.15, 0.2) is 56.1 Å². The summed E-state index contributed by atoms with van der Waals surface area (Å²) in [7, 11) is 0. The van der Waals surface area contributed by atoms with Crippen LogP contribution in [-0.2, 0) is 19.4 Å². The van der Waals surface area contributed by atoms with Gasteiger partial charge in [-0.25, -0.2) is 4.79 Å². The summed E-state index contributed by atoms with van der Waals surface area (Å²) in [6, 6.07) is 13.7. The maximum absolute atomic E-state index is 12.0. The van der Waals surface area contributed by atoms with Gasteiger partial charge in [0.1, 0.15) is 17.9 Å². The maximum atomic E-state index is 12.0. The first-order valence-electron chi connectivity index (χ1n) is 7.67. The third-order valence-corrected chi connectivity index (χ3v) is 5.07. The molecule has 0 spiro atoms. The Hall–Kier alpha value is -2.07. The molecule has 1 heterocycles. The Morgan fingerprint density at radius 3 is 2.78 bits per heavy atom. The number of hydrogen-bond donors (Lipinski definition) is 0. The molecule has 4 heteroatoms. The second-order valence-electron chi connectivity index (χ2n) is 5.74. The van der Waals surface area contributed by atoms with Gasteiger partial charge in [-0.3, -0.25) is 0 Å². The minimum Gasteiger partial charge on any atom is -0.489 e. The lowest BCUT2D eigenvalue weighted by Crippen LogP contribution is -2.07. The monoisotopic (exact) mass is 370 g/mol. The third kappa shape index (κ3) is 2.68. The fourth-order valence-corrected chi connectivity index (χ4v) is 3.53. The molecule has 3 nitrogen and oxygen atoms in total. The van der Waals surface area contributed by atoms with Crippen molar-refractivity contribution < 1.29 is 9.15 Å². The topological polar surface area (TPSA) is 39.4 Å². The van der Waals surface area contributed by atoms with Gasteiger partial charge in [-0.1, -0.05) is 34.1 Å². The molecule has 23 heavy (non-hydrogen) atoms. The van der Waals surface area contributed by atoms with Gasteiger partial charge in [0.15, 0.2) is 0 Å². The average Bonchev–Trinajstić information content (AvgIpc) is 3.04. The molecule has 1 aromatic heterocycles. The quantitative estimate of drug-likeness (QED) is 0.631. The Labute approximate surface area is 142 Å². The summed E-state index contributed by atoms with van der Waals surface area (Å²) < 4.78 is 12.3. The molecule has 2 aromatic carbocycles. The SMILES string of the molecule is O=c1oc2cc(OCc3ccccc3Br)ccc2c2c1CCC2. The number of aryl methyl sites for hydroxylation is 1. The van der Waals surface area contributed by atoms with E-state index in [4.69, 9.17) is 9.15 Å². The second kappa shape index (κ2) is 5.85. The highest BCUT2D eigenvalue weighted by Crippen LogP contribution is 2.30. The van der Waals surface area contributed by atoms with Crippen molar-refractivity contribution in [2.45, 2.75) is 25.9 Å². The third-order valence-electron chi connectivity index (χ3n) is 4.30. The summed E-state index contributed by atoms with van der Waals surface area (Å²) in [6.45, 7) is 0.460. The van der Waals surface area contributed by atoms with Crippen molar-refractivity contribution in [1.29, 1.82) is 0 Å². The first-order valence-corrected chi connectivity index (χ1v) is 8.46. The van der Waals surface area contributed by atoms with E-state index in [1.165, 1.54) is 0 Å². The highest BCUT2D eigenvalue weighted by Gasteiger charge is 2.19. The highest BCUT2D eigenvalue weighted by molar-refractivity contribution is 9.10. The smallest absolute Gasteiger partial charge is 0.339 e. The van der Waals surface area contributed by atoms with E-state index in [9.17, 15) is 4.79 Å². The van der Waals surface area contributed by atoms with Gasteiger partial charge in [0, 0.05) is 27.1 Å². The molecule has 116 valence electrons. The Morgan fingerprint density at radius 2 is 1.91 bits per heavy atom. The summed E-state index contributed by atoms with van der Waals surface area (Å²) in [5.74, 6) is 0.703. The van der Waals surface area contributed by atoms with Crippen LogP contribution < -0.4 is 10.4 Å². The molecule has 0 unspecified atom stereocenters. The molecular weight excluding hydrogens is 356 g/mol. The number of ether oxygens (including phenoxy) is 1. The molecule has 3 aromatic rings. The van der Waals surface area contributed by atoms with Crippen LogP contribution in [0.3, 0.4) is 0 Å². The molecule has 0 atom stereocenters. The maximum Gasteiger partial charge on any atom is 0.339 e. The highest BCUT2D eigenvalue weighted by atomic mass is 79.9. The fourth-order valence-electron chi connectivity index (χ4n) is 3.13. The van der Waals surface area contributed by atoms with Gasteiger partial charge in [-0.15, -0.1) is 0 Å². The molecule has 1 aliphatic carbocycles. The number of rotatable bonds is 3. The molecule has 0 radical (unpaired) electrons. The van der Waals surface area contributed by atoms with E-state index in [-0.39, 0.29) is 5.63 Å². The molecule has 0 saturated carbocycles. The van der Waals surface area contributed by atoms with E-state index in [1.54, 1.807) is 0 Å². The van der Waals surface area contributed by atoms with Crippen LogP contribution in [0.4, 0.5) is 0 Å². The molecule has 0 fully saturated rings. The van der Waals surface area contributed by atoms with Gasteiger partial charge in [0.2, 0.25) is 0 Å². The molecule has 0 amide bonds. The molecule has 1 aliphatic rings. The minimum absolute atomic E-state index is 0.201. The van der Waals surface area contributed by atoms with Crippen molar-refractivity contribution in [2.24, 2.45) is 0 Å². The van der Waals surface area contributed by atoms with E-state index in [1.807, 2.05) is 42.5 Å². The van der Waals surface area contributed by atoms with Crippen LogP contribution in [0.1, 0.15) is 23.1 Å². The van der Waals surface area contributed by atoms with Crippen LogP contribution in [-0.4, -0.2) is 0 Å². The van der Waals surface area contributed by atoms with Crippen molar-refractivity contribution in [3.63, 3.8) is 0 Å². The van der Waals surface area contributed by atoms with E-state index >= 15 is 0 Å². The Bertz CT molecular complexity index is 943. The predicted octanol–water partition coefficient (Wildman–Crippen LogP) is 4.62. The molecule has 0 N–H and O–H groups in total. The van der Waals surface area contributed by atoms with E-state index < -0.39 is 0 Å². The Kier molecular flexibility index (Phi) is 3.69. The zero-order valence-corrected chi connectivity index (χ0v) is 14.1. The lowest BCUT2D eigenvalue weighted by molar-refractivity contribution is 0.305. The number of benzene rings is 2. The van der Waals surface area contributed by atoms with Gasteiger partial charge in [0.25, 0.3) is 0 Å². The first kappa shape index (κ1) is 14.5. The number of hydrogen-bond acceptors (Lipinski definition) is 3. The van der Waals surface area contributed by atoms with E-state index in [0.717, 1.165) is 45.8 Å². The summed E-state index contributed by atoms with van der Waals surface area (Å²) in [6.07, 6.45) is 2.81. The van der Waals surface area contributed by atoms with Gasteiger partial charge in [0.05, 0.1) is 0 Å². The second-order valence-corrected chi connectivity index (χ2v) is 6.59. The predicted molar refractivity (Wildman–Crippen MR) is 93.0 cm³/mol. The molecular formula is C19H15BrO3. The lowest BCUT2D eigenvalue weighted by atomic mass is 10.1. The molecule has 0 bridgehead atoms. The van der Waals surface area contributed by atoms with Crippen LogP contribution in [0.5, 0.6) is 5.75 Å². The van der Waals surface area contributed by atoms with Crippen LogP contribution in [0, 0.1) is 0 Å². The largest absolute Gasteiger partial charge is 0.489 e. The Balaban J connectivity index is 1.66. The van der Waals surface area contributed by atoms with Crippen LogP contribution in [0.25, 0.3) is 11.0 Å². The van der Waals surface area contributed by atoms with Gasteiger partial charge >= 0.3 is 5.63 Å². The zero-order chi connectivity index (χ0) is 15.8. The summed E-state index contributed by atoms with van der Waals surface area (Å²) >= 11 is 3.51. The van der Waals surface area contributed by atoms with E-state index in [2.05, 4.69) is 15.9 Å². The number of fused-ring (bicyclic) bond motifs is 3. The van der Waals surface area contributed by atoms with Crippen molar-refractivity contribution >= 4 is 26.9 Å².